The van der Waals surface area contributed by atoms with E-state index in [1.54, 1.807) is 26.6 Å². The van der Waals surface area contributed by atoms with Crippen LogP contribution < -0.4 is 16.0 Å². The van der Waals surface area contributed by atoms with Crippen LogP contribution in [0.3, 0.4) is 0 Å². The maximum absolute atomic E-state index is 5.65. The summed E-state index contributed by atoms with van der Waals surface area (Å²) in [4.78, 5) is 8.44. The number of rotatable bonds is 5. The molecule has 6 nitrogen and oxygen atoms in total. The maximum Gasteiger partial charge on any atom is 0.237 e. The number of aromatic nitrogens is 2. The summed E-state index contributed by atoms with van der Waals surface area (Å²) >= 11 is 0. The quantitative estimate of drug-likeness (QED) is 0.576. The molecule has 17 heavy (non-hydrogen) atoms. The molecule has 0 bridgehead atoms. The minimum absolute atomic E-state index is 0.204. The lowest BCUT2D eigenvalue weighted by Gasteiger charge is -2.45. The summed E-state index contributed by atoms with van der Waals surface area (Å²) in [6.45, 7) is 0. The Hall–Kier alpha value is -1.24. The fraction of sp³-hybridized carbons (Fsp3) is 0.636. The lowest BCUT2D eigenvalue weighted by molar-refractivity contribution is -0.101. The van der Waals surface area contributed by atoms with Gasteiger partial charge < -0.3 is 9.47 Å². The first kappa shape index (κ1) is 12.2. The van der Waals surface area contributed by atoms with E-state index in [-0.39, 0.29) is 11.6 Å². The highest BCUT2D eigenvalue weighted by atomic mass is 16.5. The van der Waals surface area contributed by atoms with Gasteiger partial charge in [-0.05, 0) is 19.3 Å². The number of nitrogens with two attached hydrogens (primary N) is 1. The molecule has 0 saturated heterocycles. The summed E-state index contributed by atoms with van der Waals surface area (Å²) < 4.78 is 10.8. The standard InChI is InChI=1S/C11H18N4O2/c1-16-10-8(13-6-7-14-10)9(15-12)11(17-2)4-3-5-11/h6-7,9,15H,3-5,12H2,1-2H3. The van der Waals surface area contributed by atoms with Crippen LogP contribution in [0, 0.1) is 0 Å². The molecule has 1 aromatic rings. The monoisotopic (exact) mass is 238 g/mol. The van der Waals surface area contributed by atoms with Gasteiger partial charge in [0.2, 0.25) is 5.88 Å². The van der Waals surface area contributed by atoms with Crippen molar-refractivity contribution < 1.29 is 9.47 Å². The molecule has 1 saturated carbocycles. The third-order valence-corrected chi connectivity index (χ3v) is 3.46. The van der Waals surface area contributed by atoms with Crippen molar-refractivity contribution >= 4 is 0 Å². The molecule has 94 valence electrons. The number of nitrogens with one attached hydrogen (secondary N) is 1. The zero-order valence-corrected chi connectivity index (χ0v) is 10.1. The fourth-order valence-corrected chi connectivity index (χ4v) is 2.31. The van der Waals surface area contributed by atoms with Gasteiger partial charge in [0.05, 0.1) is 18.8 Å². The first-order chi connectivity index (χ1) is 8.27. The van der Waals surface area contributed by atoms with Gasteiger partial charge in [0.1, 0.15) is 5.69 Å². The van der Waals surface area contributed by atoms with Gasteiger partial charge in [-0.25, -0.2) is 10.4 Å². The van der Waals surface area contributed by atoms with E-state index in [1.165, 1.54) is 0 Å². The SMILES string of the molecule is COc1nccnc1C(NN)C1(OC)CCC1. The molecule has 0 aliphatic heterocycles. The minimum Gasteiger partial charge on any atom is -0.480 e. The first-order valence-electron chi connectivity index (χ1n) is 5.63. The van der Waals surface area contributed by atoms with Gasteiger partial charge in [-0.3, -0.25) is 10.8 Å². The molecule has 0 spiro atoms. The molecule has 1 atom stereocenters. The predicted molar refractivity (Wildman–Crippen MR) is 62.2 cm³/mol. The van der Waals surface area contributed by atoms with Gasteiger partial charge >= 0.3 is 0 Å². The van der Waals surface area contributed by atoms with Crippen LogP contribution in [-0.4, -0.2) is 29.8 Å². The Morgan fingerprint density at radius 2 is 2.06 bits per heavy atom. The van der Waals surface area contributed by atoms with E-state index in [0.29, 0.717) is 11.6 Å². The molecule has 1 aliphatic carbocycles. The predicted octanol–water partition coefficient (Wildman–Crippen LogP) is 0.559. The van der Waals surface area contributed by atoms with E-state index >= 15 is 0 Å². The van der Waals surface area contributed by atoms with Gasteiger partial charge in [0.25, 0.3) is 0 Å². The molecular formula is C11H18N4O2. The highest BCUT2D eigenvalue weighted by Crippen LogP contribution is 2.45. The smallest absolute Gasteiger partial charge is 0.237 e. The molecule has 0 aromatic carbocycles. The highest BCUT2D eigenvalue weighted by molar-refractivity contribution is 5.25. The summed E-state index contributed by atoms with van der Waals surface area (Å²) in [5.74, 6) is 6.13. The summed E-state index contributed by atoms with van der Waals surface area (Å²) in [5.41, 5.74) is 3.18. The van der Waals surface area contributed by atoms with Crippen LogP contribution in [0.25, 0.3) is 0 Å². The van der Waals surface area contributed by atoms with E-state index < -0.39 is 0 Å². The zero-order chi connectivity index (χ0) is 12.3. The number of ether oxygens (including phenoxy) is 2. The van der Waals surface area contributed by atoms with Gasteiger partial charge in [-0.1, -0.05) is 0 Å². The van der Waals surface area contributed by atoms with Crippen LogP contribution in [-0.2, 0) is 4.74 Å². The Bertz CT molecular complexity index is 376. The van der Waals surface area contributed by atoms with E-state index in [9.17, 15) is 0 Å². The highest BCUT2D eigenvalue weighted by Gasteiger charge is 2.46. The second-order valence-corrected chi connectivity index (χ2v) is 4.17. The molecular weight excluding hydrogens is 220 g/mol. The molecule has 1 unspecified atom stereocenters. The Labute approximate surface area is 101 Å². The topological polar surface area (TPSA) is 82.3 Å². The molecule has 1 heterocycles. The molecule has 0 radical (unpaired) electrons. The van der Waals surface area contributed by atoms with Gasteiger partial charge in [0.15, 0.2) is 0 Å². The lowest BCUT2D eigenvalue weighted by atomic mass is 9.73. The Morgan fingerprint density at radius 3 is 2.53 bits per heavy atom. The van der Waals surface area contributed by atoms with Crippen LogP contribution in [0.15, 0.2) is 12.4 Å². The third-order valence-electron chi connectivity index (χ3n) is 3.46. The van der Waals surface area contributed by atoms with Gasteiger partial charge in [0, 0.05) is 19.5 Å². The third kappa shape index (κ3) is 1.99. The van der Waals surface area contributed by atoms with Crippen molar-refractivity contribution in [3.05, 3.63) is 18.1 Å². The fourth-order valence-electron chi connectivity index (χ4n) is 2.31. The van der Waals surface area contributed by atoms with E-state index in [0.717, 1.165) is 19.3 Å². The van der Waals surface area contributed by atoms with Crippen LogP contribution >= 0.6 is 0 Å². The number of hydrogen-bond donors (Lipinski definition) is 2. The Balaban J connectivity index is 2.34. The van der Waals surface area contributed by atoms with Crippen LogP contribution in [0.5, 0.6) is 5.88 Å². The summed E-state index contributed by atoms with van der Waals surface area (Å²) in [6.07, 6.45) is 6.27. The molecule has 2 rings (SSSR count). The Morgan fingerprint density at radius 1 is 1.35 bits per heavy atom. The Kier molecular flexibility index (Phi) is 3.56. The minimum atomic E-state index is -0.294. The van der Waals surface area contributed by atoms with Gasteiger partial charge in [-0.2, -0.15) is 0 Å². The second kappa shape index (κ2) is 4.95. The van der Waals surface area contributed by atoms with E-state index in [4.69, 9.17) is 15.3 Å². The van der Waals surface area contributed by atoms with E-state index in [1.807, 2.05) is 0 Å². The number of methoxy groups -OCH3 is 2. The second-order valence-electron chi connectivity index (χ2n) is 4.17. The average molecular weight is 238 g/mol. The van der Waals surface area contributed by atoms with Gasteiger partial charge in [-0.15, -0.1) is 0 Å². The first-order valence-corrected chi connectivity index (χ1v) is 5.63. The lowest BCUT2D eigenvalue weighted by Crippen LogP contribution is -2.52. The molecule has 6 heteroatoms. The van der Waals surface area contributed by atoms with Crippen LogP contribution in [0.1, 0.15) is 31.0 Å². The number of nitrogens with zero attached hydrogens (tertiary/aromatic N) is 2. The van der Waals surface area contributed by atoms with E-state index in [2.05, 4.69) is 15.4 Å². The molecule has 1 fully saturated rings. The molecule has 1 aromatic heterocycles. The number of hydrogen-bond acceptors (Lipinski definition) is 6. The van der Waals surface area contributed by atoms with Crippen LogP contribution in [0.4, 0.5) is 0 Å². The zero-order valence-electron chi connectivity index (χ0n) is 10.1. The largest absolute Gasteiger partial charge is 0.480 e. The summed E-state index contributed by atoms with van der Waals surface area (Å²) in [7, 11) is 3.27. The molecule has 1 aliphatic rings. The van der Waals surface area contributed by atoms with Crippen molar-refractivity contribution in [2.75, 3.05) is 14.2 Å². The maximum atomic E-state index is 5.65. The van der Waals surface area contributed by atoms with Crippen molar-refractivity contribution in [1.82, 2.24) is 15.4 Å². The molecule has 0 amide bonds. The van der Waals surface area contributed by atoms with Crippen molar-refractivity contribution in [1.29, 1.82) is 0 Å². The van der Waals surface area contributed by atoms with Crippen molar-refractivity contribution in [2.24, 2.45) is 5.84 Å². The van der Waals surface area contributed by atoms with Crippen molar-refractivity contribution in [3.63, 3.8) is 0 Å². The average Bonchev–Trinajstić information content (AvgIpc) is 2.33. The molecule has 3 N–H and O–H groups in total. The summed E-state index contributed by atoms with van der Waals surface area (Å²) in [6, 6.07) is -0.204. The van der Waals surface area contributed by atoms with Crippen LogP contribution in [0.2, 0.25) is 0 Å². The normalized spacial score (nSPS) is 19.5. The van der Waals surface area contributed by atoms with Crippen molar-refractivity contribution in [2.45, 2.75) is 30.9 Å². The number of hydrazine groups is 1. The summed E-state index contributed by atoms with van der Waals surface area (Å²) in [5, 5.41) is 0. The van der Waals surface area contributed by atoms with Crippen molar-refractivity contribution in [3.8, 4) is 5.88 Å².